The first kappa shape index (κ1) is 10.7. The standard InChI is InChI=1S/C12H21N3/c1-3-7-15-9-13-8-11(15)12-10(4-2)5-6-14-12/h8-10,12,14H,3-7H2,1-2H3. The van der Waals surface area contributed by atoms with E-state index in [1.165, 1.54) is 25.0 Å². The lowest BCUT2D eigenvalue weighted by molar-refractivity contribution is 0.424. The van der Waals surface area contributed by atoms with Gasteiger partial charge in [0.25, 0.3) is 0 Å². The summed E-state index contributed by atoms with van der Waals surface area (Å²) in [7, 11) is 0. The molecule has 0 bridgehead atoms. The van der Waals surface area contributed by atoms with Crippen LogP contribution in [-0.2, 0) is 6.54 Å². The molecule has 2 rings (SSSR count). The molecule has 0 saturated carbocycles. The minimum Gasteiger partial charge on any atom is -0.333 e. The summed E-state index contributed by atoms with van der Waals surface area (Å²) in [5.74, 6) is 0.789. The van der Waals surface area contributed by atoms with Crippen LogP contribution in [0.1, 0.15) is 44.8 Å². The van der Waals surface area contributed by atoms with Crippen LogP contribution in [-0.4, -0.2) is 16.1 Å². The second-order valence-electron chi connectivity index (χ2n) is 4.40. The number of nitrogens with one attached hydrogen (secondary N) is 1. The van der Waals surface area contributed by atoms with E-state index in [0.29, 0.717) is 6.04 Å². The number of nitrogens with zero attached hydrogens (tertiary/aromatic N) is 2. The van der Waals surface area contributed by atoms with Crippen molar-refractivity contribution >= 4 is 0 Å². The summed E-state index contributed by atoms with van der Waals surface area (Å²) in [5, 5.41) is 3.60. The van der Waals surface area contributed by atoms with Crippen molar-refractivity contribution in [1.82, 2.24) is 14.9 Å². The predicted molar refractivity (Wildman–Crippen MR) is 61.7 cm³/mol. The molecule has 1 saturated heterocycles. The van der Waals surface area contributed by atoms with E-state index >= 15 is 0 Å². The molecule has 0 aromatic carbocycles. The van der Waals surface area contributed by atoms with Gasteiger partial charge >= 0.3 is 0 Å². The highest BCUT2D eigenvalue weighted by Gasteiger charge is 2.28. The normalized spacial score (nSPS) is 26.0. The third-order valence-corrected chi connectivity index (χ3v) is 3.40. The van der Waals surface area contributed by atoms with Gasteiger partial charge in [0.05, 0.1) is 18.1 Å². The number of hydrogen-bond acceptors (Lipinski definition) is 2. The van der Waals surface area contributed by atoms with Crippen molar-refractivity contribution in [1.29, 1.82) is 0 Å². The first-order chi connectivity index (χ1) is 7.36. The van der Waals surface area contributed by atoms with E-state index in [4.69, 9.17) is 0 Å². The molecular weight excluding hydrogens is 186 g/mol. The van der Waals surface area contributed by atoms with Gasteiger partial charge in [-0.05, 0) is 25.3 Å². The number of hydrogen-bond donors (Lipinski definition) is 1. The lowest BCUT2D eigenvalue weighted by Gasteiger charge is -2.19. The Balaban J connectivity index is 2.16. The van der Waals surface area contributed by atoms with E-state index in [9.17, 15) is 0 Å². The third kappa shape index (κ3) is 2.07. The van der Waals surface area contributed by atoms with Crippen molar-refractivity contribution < 1.29 is 0 Å². The quantitative estimate of drug-likeness (QED) is 0.821. The molecular formula is C12H21N3. The van der Waals surface area contributed by atoms with Gasteiger partial charge in [0.15, 0.2) is 0 Å². The lowest BCUT2D eigenvalue weighted by atomic mass is 9.96. The Hall–Kier alpha value is -0.830. The molecule has 0 amide bonds. The summed E-state index contributed by atoms with van der Waals surface area (Å²) in [6, 6.07) is 0.532. The molecule has 84 valence electrons. The summed E-state index contributed by atoms with van der Waals surface area (Å²) < 4.78 is 2.30. The fraction of sp³-hybridized carbons (Fsp3) is 0.750. The average molecular weight is 207 g/mol. The molecule has 1 N–H and O–H groups in total. The molecule has 1 fully saturated rings. The van der Waals surface area contributed by atoms with E-state index in [-0.39, 0.29) is 0 Å². The molecule has 2 unspecified atom stereocenters. The maximum absolute atomic E-state index is 4.28. The summed E-state index contributed by atoms with van der Waals surface area (Å²) >= 11 is 0. The highest BCUT2D eigenvalue weighted by atomic mass is 15.1. The van der Waals surface area contributed by atoms with Crippen LogP contribution < -0.4 is 5.32 Å². The summed E-state index contributed by atoms with van der Waals surface area (Å²) in [6.07, 6.45) is 7.73. The van der Waals surface area contributed by atoms with Gasteiger partial charge in [-0.15, -0.1) is 0 Å². The zero-order valence-corrected chi connectivity index (χ0v) is 9.74. The Bertz CT molecular complexity index is 306. The molecule has 1 aliphatic rings. The Morgan fingerprint density at radius 1 is 1.53 bits per heavy atom. The van der Waals surface area contributed by atoms with Gasteiger partial charge in [0.1, 0.15) is 0 Å². The van der Waals surface area contributed by atoms with Crippen LogP contribution in [0.5, 0.6) is 0 Å². The van der Waals surface area contributed by atoms with Crippen LogP contribution >= 0.6 is 0 Å². The van der Waals surface area contributed by atoms with Gasteiger partial charge in [-0.25, -0.2) is 4.98 Å². The molecule has 2 atom stereocenters. The Kier molecular flexibility index (Phi) is 3.41. The summed E-state index contributed by atoms with van der Waals surface area (Å²) in [4.78, 5) is 4.28. The summed E-state index contributed by atoms with van der Waals surface area (Å²) in [6.45, 7) is 6.73. The van der Waals surface area contributed by atoms with Gasteiger partial charge in [0, 0.05) is 12.7 Å². The maximum atomic E-state index is 4.28. The molecule has 2 heterocycles. The Morgan fingerprint density at radius 3 is 3.13 bits per heavy atom. The van der Waals surface area contributed by atoms with Crippen LogP contribution in [0, 0.1) is 5.92 Å². The second kappa shape index (κ2) is 4.79. The zero-order chi connectivity index (χ0) is 10.7. The van der Waals surface area contributed by atoms with Crippen LogP contribution in [0.3, 0.4) is 0 Å². The number of imidazole rings is 1. The third-order valence-electron chi connectivity index (χ3n) is 3.40. The molecule has 0 spiro atoms. The van der Waals surface area contributed by atoms with Crippen molar-refractivity contribution in [2.45, 2.75) is 45.7 Å². The van der Waals surface area contributed by atoms with Crippen LogP contribution in [0.2, 0.25) is 0 Å². The average Bonchev–Trinajstić information content (AvgIpc) is 2.84. The first-order valence-electron chi connectivity index (χ1n) is 6.10. The van der Waals surface area contributed by atoms with E-state index in [0.717, 1.165) is 19.0 Å². The molecule has 0 aliphatic carbocycles. The highest BCUT2D eigenvalue weighted by molar-refractivity contribution is 5.09. The molecule has 1 aliphatic heterocycles. The number of aryl methyl sites for hydroxylation is 1. The minimum absolute atomic E-state index is 0.532. The van der Waals surface area contributed by atoms with Crippen molar-refractivity contribution in [3.63, 3.8) is 0 Å². The van der Waals surface area contributed by atoms with Crippen molar-refractivity contribution in [3.05, 3.63) is 18.2 Å². The van der Waals surface area contributed by atoms with E-state index in [1.807, 2.05) is 12.5 Å². The topological polar surface area (TPSA) is 29.9 Å². The van der Waals surface area contributed by atoms with Crippen molar-refractivity contribution in [2.24, 2.45) is 5.92 Å². The first-order valence-corrected chi connectivity index (χ1v) is 6.10. The monoisotopic (exact) mass is 207 g/mol. The number of rotatable bonds is 4. The van der Waals surface area contributed by atoms with Crippen molar-refractivity contribution in [2.75, 3.05) is 6.54 Å². The van der Waals surface area contributed by atoms with Crippen molar-refractivity contribution in [3.8, 4) is 0 Å². The molecule has 0 radical (unpaired) electrons. The Morgan fingerprint density at radius 2 is 2.40 bits per heavy atom. The van der Waals surface area contributed by atoms with E-state index in [2.05, 4.69) is 28.7 Å². The summed E-state index contributed by atoms with van der Waals surface area (Å²) in [5.41, 5.74) is 1.38. The molecule has 3 nitrogen and oxygen atoms in total. The smallest absolute Gasteiger partial charge is 0.0948 e. The van der Waals surface area contributed by atoms with Gasteiger partial charge in [-0.1, -0.05) is 20.3 Å². The highest BCUT2D eigenvalue weighted by Crippen LogP contribution is 2.31. The molecule has 3 heteroatoms. The Labute approximate surface area is 91.9 Å². The maximum Gasteiger partial charge on any atom is 0.0948 e. The van der Waals surface area contributed by atoms with Crippen LogP contribution in [0.15, 0.2) is 12.5 Å². The second-order valence-corrected chi connectivity index (χ2v) is 4.40. The van der Waals surface area contributed by atoms with Gasteiger partial charge in [-0.2, -0.15) is 0 Å². The fourth-order valence-electron chi connectivity index (χ4n) is 2.56. The minimum atomic E-state index is 0.532. The molecule has 1 aromatic heterocycles. The molecule has 15 heavy (non-hydrogen) atoms. The predicted octanol–water partition coefficient (Wildman–Crippen LogP) is 2.35. The van der Waals surface area contributed by atoms with Gasteiger partial charge in [0.2, 0.25) is 0 Å². The van der Waals surface area contributed by atoms with Gasteiger partial charge in [-0.3, -0.25) is 0 Å². The largest absolute Gasteiger partial charge is 0.333 e. The van der Waals surface area contributed by atoms with Gasteiger partial charge < -0.3 is 9.88 Å². The van der Waals surface area contributed by atoms with E-state index in [1.54, 1.807) is 0 Å². The van der Waals surface area contributed by atoms with Crippen LogP contribution in [0.25, 0.3) is 0 Å². The van der Waals surface area contributed by atoms with Crippen LogP contribution in [0.4, 0.5) is 0 Å². The SMILES string of the molecule is CCCn1cncc1C1NCCC1CC. The fourth-order valence-corrected chi connectivity index (χ4v) is 2.56. The number of aromatic nitrogens is 2. The lowest BCUT2D eigenvalue weighted by Crippen LogP contribution is -2.21. The molecule has 1 aromatic rings. The zero-order valence-electron chi connectivity index (χ0n) is 9.74. The van der Waals surface area contributed by atoms with E-state index < -0.39 is 0 Å².